The molecule has 0 aliphatic heterocycles. The fraction of sp³-hybridized carbons (Fsp3) is 0.300. The predicted octanol–water partition coefficient (Wildman–Crippen LogP) is 1.83. The van der Waals surface area contributed by atoms with E-state index in [4.69, 9.17) is 11.0 Å². The van der Waals surface area contributed by atoms with Crippen LogP contribution in [0.3, 0.4) is 0 Å². The van der Waals surface area contributed by atoms with Crippen LogP contribution >= 0.6 is 0 Å². The number of benzene rings is 1. The van der Waals surface area contributed by atoms with E-state index in [-0.39, 0.29) is 11.3 Å². The third kappa shape index (κ3) is 2.42. The monoisotopic (exact) mass is 246 g/mol. The molecule has 0 aliphatic rings. The number of hydrogen-bond donors (Lipinski definition) is 2. The highest BCUT2D eigenvalue weighted by Gasteiger charge is 2.41. The number of nitriles is 1. The minimum Gasteiger partial charge on any atom is -0.504 e. The highest BCUT2D eigenvalue weighted by Crippen LogP contribution is 2.41. The molecule has 7 heteroatoms. The topological polar surface area (TPSA) is 79.3 Å². The fourth-order valence-electron chi connectivity index (χ4n) is 1.33. The van der Waals surface area contributed by atoms with Crippen LogP contribution < -0.4 is 10.5 Å². The van der Waals surface area contributed by atoms with Gasteiger partial charge in [-0.2, -0.15) is 18.4 Å². The molecule has 0 aromatic heterocycles. The number of rotatable bonds is 2. The van der Waals surface area contributed by atoms with Gasteiger partial charge in [-0.25, -0.2) is 0 Å². The Morgan fingerprint density at radius 2 is 2.06 bits per heavy atom. The number of nitrogens with zero attached hydrogens (tertiary/aromatic N) is 1. The van der Waals surface area contributed by atoms with Gasteiger partial charge >= 0.3 is 6.18 Å². The van der Waals surface area contributed by atoms with Crippen molar-refractivity contribution in [1.29, 1.82) is 5.26 Å². The molecular weight excluding hydrogens is 237 g/mol. The van der Waals surface area contributed by atoms with Crippen molar-refractivity contribution in [1.82, 2.24) is 0 Å². The molecular formula is C10H9F3N2O2. The number of hydrogen-bond acceptors (Lipinski definition) is 4. The van der Waals surface area contributed by atoms with E-state index in [0.717, 1.165) is 6.07 Å². The van der Waals surface area contributed by atoms with Crippen LogP contribution in [0.5, 0.6) is 11.5 Å². The molecule has 0 saturated carbocycles. The van der Waals surface area contributed by atoms with Crippen LogP contribution in [0.2, 0.25) is 0 Å². The fourth-order valence-corrected chi connectivity index (χ4v) is 1.33. The van der Waals surface area contributed by atoms with Crippen LogP contribution in [0.15, 0.2) is 12.1 Å². The minimum absolute atomic E-state index is 0.168. The molecule has 0 saturated heterocycles. The molecule has 0 radical (unpaired) electrons. The first kappa shape index (κ1) is 13.1. The number of phenolic OH excluding ortho intramolecular Hbond substituents is 1. The van der Waals surface area contributed by atoms with E-state index in [1.807, 2.05) is 0 Å². The number of aromatic hydroxyl groups is 1. The van der Waals surface area contributed by atoms with Crippen molar-refractivity contribution >= 4 is 0 Å². The molecule has 0 fully saturated rings. The van der Waals surface area contributed by atoms with Gasteiger partial charge < -0.3 is 15.6 Å². The van der Waals surface area contributed by atoms with Crippen molar-refractivity contribution in [2.45, 2.75) is 12.2 Å². The summed E-state index contributed by atoms with van der Waals surface area (Å²) in [5.41, 5.74) is 3.96. The van der Waals surface area contributed by atoms with E-state index in [1.165, 1.54) is 13.2 Å². The molecule has 92 valence electrons. The van der Waals surface area contributed by atoms with Crippen LogP contribution in [0.4, 0.5) is 13.2 Å². The number of nitrogens with two attached hydrogens (primary N) is 1. The second kappa shape index (κ2) is 4.51. The number of methoxy groups -OCH3 is 1. The number of phenols is 1. The van der Waals surface area contributed by atoms with Crippen LogP contribution in [0.25, 0.3) is 0 Å². The first-order valence-electron chi connectivity index (χ1n) is 4.45. The molecule has 0 heterocycles. The predicted molar refractivity (Wildman–Crippen MR) is 52.4 cm³/mol. The normalized spacial score (nSPS) is 12.9. The molecule has 0 spiro atoms. The van der Waals surface area contributed by atoms with E-state index in [1.54, 1.807) is 6.07 Å². The van der Waals surface area contributed by atoms with Crippen molar-refractivity contribution in [2.24, 2.45) is 5.73 Å². The van der Waals surface area contributed by atoms with Crippen molar-refractivity contribution in [3.05, 3.63) is 23.3 Å². The Labute approximate surface area is 95.0 Å². The first-order valence-corrected chi connectivity index (χ1v) is 4.45. The molecule has 1 rings (SSSR count). The lowest BCUT2D eigenvalue weighted by Gasteiger charge is -2.19. The van der Waals surface area contributed by atoms with Gasteiger partial charge in [-0.3, -0.25) is 0 Å². The maximum atomic E-state index is 12.5. The zero-order valence-corrected chi connectivity index (χ0v) is 8.75. The summed E-state index contributed by atoms with van der Waals surface area (Å²) in [4.78, 5) is 0. The molecule has 1 aromatic carbocycles. The Kier molecular flexibility index (Phi) is 3.48. The zero-order chi connectivity index (χ0) is 13.2. The molecule has 1 aromatic rings. The molecule has 4 nitrogen and oxygen atoms in total. The summed E-state index contributed by atoms with van der Waals surface area (Å²) in [7, 11) is 1.18. The lowest BCUT2D eigenvalue weighted by molar-refractivity contribution is -0.149. The van der Waals surface area contributed by atoms with Gasteiger partial charge in [-0.1, -0.05) is 0 Å². The molecule has 17 heavy (non-hydrogen) atoms. The number of halogens is 3. The summed E-state index contributed by atoms with van der Waals surface area (Å²) in [5, 5.41) is 18.3. The number of alkyl halides is 3. The van der Waals surface area contributed by atoms with E-state index >= 15 is 0 Å². The lowest BCUT2D eigenvalue weighted by atomic mass is 9.99. The van der Waals surface area contributed by atoms with Gasteiger partial charge in [0, 0.05) is 5.56 Å². The Hall–Kier alpha value is -1.94. The summed E-state index contributed by atoms with van der Waals surface area (Å²) in [6.07, 6.45) is -4.75. The SMILES string of the molecule is COc1ccc(C#N)c([C@H](N)C(F)(F)F)c1O. The van der Waals surface area contributed by atoms with E-state index in [9.17, 15) is 18.3 Å². The lowest BCUT2D eigenvalue weighted by Crippen LogP contribution is -2.29. The van der Waals surface area contributed by atoms with E-state index in [0.29, 0.717) is 0 Å². The van der Waals surface area contributed by atoms with E-state index < -0.39 is 23.5 Å². The third-order valence-corrected chi connectivity index (χ3v) is 2.18. The van der Waals surface area contributed by atoms with Crippen molar-refractivity contribution in [3.63, 3.8) is 0 Å². The van der Waals surface area contributed by atoms with Gasteiger partial charge in [0.2, 0.25) is 0 Å². The average molecular weight is 246 g/mol. The van der Waals surface area contributed by atoms with Gasteiger partial charge in [0.15, 0.2) is 11.5 Å². The molecule has 1 atom stereocenters. The highest BCUT2D eigenvalue weighted by molar-refractivity contribution is 5.55. The summed E-state index contributed by atoms with van der Waals surface area (Å²) in [5.74, 6) is -0.935. The maximum absolute atomic E-state index is 12.5. The molecule has 0 amide bonds. The summed E-state index contributed by atoms with van der Waals surface area (Å²) in [6, 6.07) is 1.41. The highest BCUT2D eigenvalue weighted by atomic mass is 19.4. The maximum Gasteiger partial charge on any atom is 0.407 e. The average Bonchev–Trinajstić information content (AvgIpc) is 2.26. The summed E-state index contributed by atoms with van der Waals surface area (Å²) >= 11 is 0. The Morgan fingerprint density at radius 3 is 2.47 bits per heavy atom. The molecule has 0 aliphatic carbocycles. The Balaban J connectivity index is 3.45. The second-order valence-corrected chi connectivity index (χ2v) is 3.21. The van der Waals surface area contributed by atoms with Crippen LogP contribution in [-0.4, -0.2) is 18.4 Å². The van der Waals surface area contributed by atoms with Crippen LogP contribution in [0.1, 0.15) is 17.2 Å². The summed E-state index contributed by atoms with van der Waals surface area (Å²) < 4.78 is 42.1. The Bertz CT molecular complexity index is 466. The van der Waals surface area contributed by atoms with Crippen LogP contribution in [0, 0.1) is 11.3 Å². The van der Waals surface area contributed by atoms with Crippen molar-refractivity contribution in [3.8, 4) is 17.6 Å². The molecule has 3 N–H and O–H groups in total. The van der Waals surface area contributed by atoms with E-state index in [2.05, 4.69) is 4.74 Å². The van der Waals surface area contributed by atoms with Gasteiger partial charge in [-0.15, -0.1) is 0 Å². The molecule has 0 unspecified atom stereocenters. The quantitative estimate of drug-likeness (QED) is 0.834. The van der Waals surface area contributed by atoms with Gasteiger partial charge in [0.1, 0.15) is 6.04 Å². The van der Waals surface area contributed by atoms with Gasteiger partial charge in [0.25, 0.3) is 0 Å². The first-order chi connectivity index (χ1) is 7.82. The Morgan fingerprint density at radius 1 is 1.47 bits per heavy atom. The van der Waals surface area contributed by atoms with Gasteiger partial charge in [-0.05, 0) is 12.1 Å². The largest absolute Gasteiger partial charge is 0.504 e. The molecule has 0 bridgehead atoms. The smallest absolute Gasteiger partial charge is 0.407 e. The van der Waals surface area contributed by atoms with Crippen molar-refractivity contribution in [2.75, 3.05) is 7.11 Å². The standard InChI is InChI=1S/C10H9F3N2O2/c1-17-6-3-2-5(4-14)7(8(6)16)9(15)10(11,12)13/h2-3,9,16H,15H2,1H3/t9-/m0/s1. The second-order valence-electron chi connectivity index (χ2n) is 3.21. The van der Waals surface area contributed by atoms with Crippen LogP contribution in [-0.2, 0) is 0 Å². The zero-order valence-electron chi connectivity index (χ0n) is 8.75. The third-order valence-electron chi connectivity index (χ3n) is 2.18. The summed E-state index contributed by atoms with van der Waals surface area (Å²) in [6.45, 7) is 0. The minimum atomic E-state index is -4.75. The number of ether oxygens (including phenoxy) is 1. The van der Waals surface area contributed by atoms with Crippen molar-refractivity contribution < 1.29 is 23.0 Å². The van der Waals surface area contributed by atoms with Gasteiger partial charge in [0.05, 0.1) is 18.7 Å².